The van der Waals surface area contributed by atoms with Crippen molar-refractivity contribution in [3.8, 4) is 0 Å². The van der Waals surface area contributed by atoms with E-state index in [-0.39, 0.29) is 17.4 Å². The molecule has 2 atom stereocenters. The second kappa shape index (κ2) is 10.3. The molecule has 0 radical (unpaired) electrons. The summed E-state index contributed by atoms with van der Waals surface area (Å²) in [6.07, 6.45) is -6.60. The van der Waals surface area contributed by atoms with Crippen LogP contribution in [0.4, 0.5) is 13.2 Å². The second-order valence-electron chi connectivity index (χ2n) is 9.32. The zero-order chi connectivity index (χ0) is 27.8. The number of H-pyrrole nitrogens is 1. The summed E-state index contributed by atoms with van der Waals surface area (Å²) in [5, 5.41) is 13.4. The number of alkyl halides is 3. The van der Waals surface area contributed by atoms with Gasteiger partial charge in [-0.1, -0.05) is 56.3 Å². The predicted octanol–water partition coefficient (Wildman–Crippen LogP) is 2.12. The molecule has 0 spiro atoms. The second-order valence-corrected chi connectivity index (χ2v) is 9.32. The van der Waals surface area contributed by atoms with E-state index in [1.807, 2.05) is 30.3 Å². The molecule has 12 heteroatoms. The van der Waals surface area contributed by atoms with Crippen molar-refractivity contribution in [1.82, 2.24) is 19.4 Å². The Kier molecular flexibility index (Phi) is 7.27. The third-order valence-corrected chi connectivity index (χ3v) is 6.36. The molecule has 4 rings (SSSR count). The van der Waals surface area contributed by atoms with Gasteiger partial charge in [0.2, 0.25) is 5.91 Å². The van der Waals surface area contributed by atoms with Crippen LogP contribution in [0.15, 0.2) is 69.1 Å². The summed E-state index contributed by atoms with van der Waals surface area (Å²) < 4.78 is 40.8. The van der Waals surface area contributed by atoms with Gasteiger partial charge in [-0.05, 0) is 28.3 Å². The molecule has 38 heavy (non-hydrogen) atoms. The number of benzene rings is 2. The summed E-state index contributed by atoms with van der Waals surface area (Å²) in [5.41, 5.74) is -2.02. The van der Waals surface area contributed by atoms with Crippen LogP contribution in [-0.4, -0.2) is 43.5 Å². The number of aromatic nitrogens is 3. The molecule has 2 unspecified atom stereocenters. The van der Waals surface area contributed by atoms with Crippen molar-refractivity contribution in [2.24, 2.45) is 5.92 Å². The van der Waals surface area contributed by atoms with Gasteiger partial charge in [-0.2, -0.15) is 13.2 Å². The summed E-state index contributed by atoms with van der Waals surface area (Å²) >= 11 is 0. The van der Waals surface area contributed by atoms with E-state index in [2.05, 4.69) is 10.3 Å². The minimum absolute atomic E-state index is 0.0466. The molecule has 0 fully saturated rings. The van der Waals surface area contributed by atoms with Gasteiger partial charge in [-0.15, -0.1) is 0 Å². The third kappa shape index (κ3) is 5.25. The molecular weight excluding hydrogens is 505 g/mol. The Labute approximate surface area is 213 Å². The van der Waals surface area contributed by atoms with E-state index in [4.69, 9.17) is 0 Å². The van der Waals surface area contributed by atoms with Crippen molar-refractivity contribution >= 4 is 27.6 Å². The fourth-order valence-electron chi connectivity index (χ4n) is 4.35. The molecule has 9 nitrogen and oxygen atoms in total. The lowest BCUT2D eigenvalue weighted by molar-refractivity contribution is -0.215. The van der Waals surface area contributed by atoms with Crippen molar-refractivity contribution in [2.75, 3.05) is 0 Å². The lowest BCUT2D eigenvalue weighted by Gasteiger charge is -2.28. The van der Waals surface area contributed by atoms with Crippen LogP contribution >= 0.6 is 0 Å². The van der Waals surface area contributed by atoms with Crippen molar-refractivity contribution in [3.63, 3.8) is 0 Å². The third-order valence-electron chi connectivity index (χ3n) is 6.36. The molecule has 0 saturated heterocycles. The van der Waals surface area contributed by atoms with Crippen LogP contribution in [0.25, 0.3) is 21.7 Å². The largest absolute Gasteiger partial charge is 0.416 e. The number of halogens is 3. The Morgan fingerprint density at radius 3 is 2.37 bits per heavy atom. The molecule has 2 heterocycles. The zero-order valence-corrected chi connectivity index (χ0v) is 20.5. The SMILES string of the molecule is CC(C)C(NC(=O)Cn1ccc2c(=O)n(Cc3cccc4ccccc34)c(=O)[nH]c2c1=O)C(O)C(F)(F)F. The summed E-state index contributed by atoms with van der Waals surface area (Å²) in [4.78, 5) is 53.8. The normalized spacial score (nSPS) is 13.7. The molecule has 0 saturated carbocycles. The van der Waals surface area contributed by atoms with E-state index in [1.54, 1.807) is 12.1 Å². The first-order chi connectivity index (χ1) is 17.9. The summed E-state index contributed by atoms with van der Waals surface area (Å²) in [6, 6.07) is 12.6. The summed E-state index contributed by atoms with van der Waals surface area (Å²) in [5.74, 6) is -1.72. The number of fused-ring (bicyclic) bond motifs is 2. The molecule has 0 aliphatic rings. The Bertz CT molecular complexity index is 1680. The number of hydrogen-bond acceptors (Lipinski definition) is 5. The van der Waals surface area contributed by atoms with Crippen LogP contribution in [-0.2, 0) is 17.9 Å². The quantitative estimate of drug-likeness (QED) is 0.338. The topological polar surface area (TPSA) is 126 Å². The molecule has 0 bridgehead atoms. The van der Waals surface area contributed by atoms with Crippen LogP contribution in [0.1, 0.15) is 19.4 Å². The molecule has 4 aromatic rings. The van der Waals surface area contributed by atoms with Gasteiger partial charge in [0.25, 0.3) is 11.1 Å². The van der Waals surface area contributed by atoms with Crippen LogP contribution in [0, 0.1) is 5.92 Å². The first kappa shape index (κ1) is 26.9. The average molecular weight is 531 g/mol. The maximum absolute atomic E-state index is 13.1. The van der Waals surface area contributed by atoms with E-state index in [9.17, 15) is 37.5 Å². The number of aliphatic hydroxyl groups is 1. The first-order valence-corrected chi connectivity index (χ1v) is 11.8. The number of carbonyl (C=O) groups excluding carboxylic acids is 1. The smallest absolute Gasteiger partial charge is 0.382 e. The lowest BCUT2D eigenvalue weighted by atomic mass is 9.98. The van der Waals surface area contributed by atoms with Crippen molar-refractivity contribution in [3.05, 3.63) is 91.5 Å². The minimum atomic E-state index is -4.95. The Morgan fingerprint density at radius 2 is 1.68 bits per heavy atom. The van der Waals surface area contributed by atoms with Crippen LogP contribution < -0.4 is 22.1 Å². The van der Waals surface area contributed by atoms with Gasteiger partial charge in [0.15, 0.2) is 6.10 Å². The highest BCUT2D eigenvalue weighted by molar-refractivity contribution is 5.85. The Hall–Kier alpha value is -4.19. The minimum Gasteiger partial charge on any atom is -0.382 e. The maximum Gasteiger partial charge on any atom is 0.416 e. The van der Waals surface area contributed by atoms with Gasteiger partial charge < -0.3 is 20.0 Å². The van der Waals surface area contributed by atoms with E-state index in [0.717, 1.165) is 31.7 Å². The number of hydrogen-bond donors (Lipinski definition) is 3. The number of amides is 1. The summed E-state index contributed by atoms with van der Waals surface area (Å²) in [7, 11) is 0. The number of carbonyl (C=O) groups is 1. The van der Waals surface area contributed by atoms with E-state index < -0.39 is 53.5 Å². The number of aliphatic hydroxyl groups excluding tert-OH is 1. The van der Waals surface area contributed by atoms with Gasteiger partial charge in [0.1, 0.15) is 12.1 Å². The zero-order valence-electron chi connectivity index (χ0n) is 20.5. The maximum atomic E-state index is 13.1. The summed E-state index contributed by atoms with van der Waals surface area (Å²) in [6.45, 7) is 2.06. The van der Waals surface area contributed by atoms with Crippen LogP contribution in [0.5, 0.6) is 0 Å². The highest BCUT2D eigenvalue weighted by Gasteiger charge is 2.45. The predicted molar refractivity (Wildman–Crippen MR) is 135 cm³/mol. The molecule has 200 valence electrons. The van der Waals surface area contributed by atoms with E-state index in [1.165, 1.54) is 19.9 Å². The van der Waals surface area contributed by atoms with Crippen LogP contribution in [0.2, 0.25) is 0 Å². The molecule has 1 amide bonds. The van der Waals surface area contributed by atoms with Gasteiger partial charge >= 0.3 is 11.9 Å². The lowest BCUT2D eigenvalue weighted by Crippen LogP contribution is -2.53. The number of rotatable bonds is 7. The molecule has 2 aromatic heterocycles. The highest BCUT2D eigenvalue weighted by Crippen LogP contribution is 2.25. The molecule has 0 aliphatic heterocycles. The van der Waals surface area contributed by atoms with Crippen molar-refractivity contribution < 1.29 is 23.1 Å². The number of aromatic amines is 1. The number of pyridine rings is 1. The molecule has 3 N–H and O–H groups in total. The molecule has 2 aromatic carbocycles. The fourth-order valence-corrected chi connectivity index (χ4v) is 4.35. The number of nitrogens with zero attached hydrogens (tertiary/aromatic N) is 2. The van der Waals surface area contributed by atoms with E-state index >= 15 is 0 Å². The highest BCUT2D eigenvalue weighted by atomic mass is 19.4. The first-order valence-electron chi connectivity index (χ1n) is 11.8. The Balaban J connectivity index is 1.65. The average Bonchev–Trinajstić information content (AvgIpc) is 2.86. The van der Waals surface area contributed by atoms with Crippen molar-refractivity contribution in [1.29, 1.82) is 0 Å². The van der Waals surface area contributed by atoms with Crippen LogP contribution in [0.3, 0.4) is 0 Å². The van der Waals surface area contributed by atoms with Gasteiger partial charge in [-0.25, -0.2) is 4.79 Å². The number of nitrogens with one attached hydrogen (secondary N) is 2. The van der Waals surface area contributed by atoms with Crippen molar-refractivity contribution in [2.45, 2.75) is 45.3 Å². The Morgan fingerprint density at radius 1 is 1.00 bits per heavy atom. The standard InChI is InChI=1S/C26H25F3N4O5/c1-14(2)20(22(35)26(27,28)29)30-19(34)13-32-11-10-18-21(24(32)37)31-25(38)33(23(18)36)12-16-8-5-7-15-6-3-4-9-17(15)16/h3-11,14,20,22,35H,12-13H2,1-2H3,(H,30,34)(H,31,38). The van der Waals surface area contributed by atoms with Gasteiger partial charge in [0.05, 0.1) is 18.0 Å². The fraction of sp³-hybridized carbons (Fsp3) is 0.308. The van der Waals surface area contributed by atoms with Gasteiger partial charge in [-0.3, -0.25) is 19.0 Å². The monoisotopic (exact) mass is 530 g/mol. The molecular formula is C26H25F3N4O5. The van der Waals surface area contributed by atoms with E-state index in [0.29, 0.717) is 0 Å². The van der Waals surface area contributed by atoms with Gasteiger partial charge in [0, 0.05) is 6.20 Å². The molecule has 0 aliphatic carbocycles.